The van der Waals surface area contributed by atoms with Crippen LogP contribution < -0.4 is 5.32 Å². The van der Waals surface area contributed by atoms with E-state index in [0.29, 0.717) is 5.69 Å². The molecule has 1 aliphatic rings. The molecule has 0 aliphatic carbocycles. The Bertz CT molecular complexity index is 522. The van der Waals surface area contributed by atoms with Crippen LogP contribution in [0, 0.1) is 6.92 Å². The molecule has 20 heavy (non-hydrogen) atoms. The fraction of sp³-hybridized carbons (Fsp3) is 0.467. The first-order chi connectivity index (χ1) is 9.49. The van der Waals surface area contributed by atoms with Gasteiger partial charge in [0.2, 0.25) is 5.91 Å². The molecule has 2 N–H and O–H groups in total. The summed E-state index contributed by atoms with van der Waals surface area (Å²) < 4.78 is 0. The van der Waals surface area contributed by atoms with Gasteiger partial charge in [-0.25, -0.2) is 4.79 Å². The Morgan fingerprint density at radius 2 is 1.95 bits per heavy atom. The number of likely N-dealkylation sites (tertiary alicyclic amines) is 1. The van der Waals surface area contributed by atoms with Crippen LogP contribution >= 0.6 is 0 Å². The lowest BCUT2D eigenvalue weighted by Gasteiger charge is -2.22. The average Bonchev–Trinajstić information content (AvgIpc) is 2.91. The van der Waals surface area contributed by atoms with Gasteiger partial charge in [-0.05, 0) is 44.4 Å². The van der Waals surface area contributed by atoms with Crippen molar-refractivity contribution in [3.8, 4) is 0 Å². The van der Waals surface area contributed by atoms with Crippen LogP contribution in [-0.4, -0.2) is 41.0 Å². The van der Waals surface area contributed by atoms with Crippen molar-refractivity contribution in [2.45, 2.75) is 32.7 Å². The highest BCUT2D eigenvalue weighted by Crippen LogP contribution is 2.20. The van der Waals surface area contributed by atoms with Gasteiger partial charge in [-0.15, -0.1) is 0 Å². The molecule has 1 unspecified atom stereocenters. The summed E-state index contributed by atoms with van der Waals surface area (Å²) in [7, 11) is 0. The van der Waals surface area contributed by atoms with E-state index in [2.05, 4.69) is 5.32 Å². The number of benzene rings is 1. The number of nitrogens with one attached hydrogen (secondary N) is 1. The summed E-state index contributed by atoms with van der Waals surface area (Å²) in [4.78, 5) is 25.3. The number of hydrogen-bond donors (Lipinski definition) is 2. The Hall–Kier alpha value is -2.04. The predicted octanol–water partition coefficient (Wildman–Crippen LogP) is 2.12. The molecule has 1 atom stereocenters. The van der Waals surface area contributed by atoms with Gasteiger partial charge < -0.3 is 15.3 Å². The summed E-state index contributed by atoms with van der Waals surface area (Å²) in [5.74, 6) is -0.964. The zero-order valence-corrected chi connectivity index (χ0v) is 11.8. The second kappa shape index (κ2) is 5.94. The quantitative estimate of drug-likeness (QED) is 0.883. The Balaban J connectivity index is 2.14. The van der Waals surface area contributed by atoms with Gasteiger partial charge in [0.1, 0.15) is 6.04 Å². The Morgan fingerprint density at radius 3 is 2.55 bits per heavy atom. The number of amides is 1. The van der Waals surface area contributed by atoms with E-state index in [4.69, 9.17) is 0 Å². The van der Waals surface area contributed by atoms with Crippen molar-refractivity contribution >= 4 is 17.6 Å². The van der Waals surface area contributed by atoms with Gasteiger partial charge in [-0.3, -0.25) is 4.79 Å². The summed E-state index contributed by atoms with van der Waals surface area (Å²) in [6.07, 6.45) is 2.09. The molecule has 5 nitrogen and oxygen atoms in total. The molecule has 5 heteroatoms. The Morgan fingerprint density at radius 1 is 1.30 bits per heavy atom. The van der Waals surface area contributed by atoms with E-state index < -0.39 is 12.0 Å². The van der Waals surface area contributed by atoms with Crippen LogP contribution in [0.2, 0.25) is 0 Å². The smallest absolute Gasteiger partial charge is 0.337 e. The Kier molecular flexibility index (Phi) is 4.27. The first kappa shape index (κ1) is 14.4. The van der Waals surface area contributed by atoms with Gasteiger partial charge in [0.15, 0.2) is 0 Å². The van der Waals surface area contributed by atoms with Crippen molar-refractivity contribution in [3.05, 3.63) is 29.3 Å². The number of aromatic carboxylic acids is 1. The van der Waals surface area contributed by atoms with Crippen LogP contribution in [0.25, 0.3) is 0 Å². The minimum absolute atomic E-state index is 0.0281. The van der Waals surface area contributed by atoms with Crippen LogP contribution in [0.4, 0.5) is 5.69 Å². The number of carbonyl (C=O) groups is 2. The van der Waals surface area contributed by atoms with Crippen LogP contribution in [0.5, 0.6) is 0 Å². The molecule has 1 saturated heterocycles. The van der Waals surface area contributed by atoms with Crippen molar-refractivity contribution in [1.82, 2.24) is 4.90 Å². The second-order valence-corrected chi connectivity index (χ2v) is 5.25. The lowest BCUT2D eigenvalue weighted by molar-refractivity contribution is -0.130. The maximum absolute atomic E-state index is 12.2. The molecule has 1 aromatic carbocycles. The maximum atomic E-state index is 12.2. The standard InChI is InChI=1S/C15H20N2O3/c1-10-5-6-12(15(19)20)13(9-10)16-11(2)14(18)17-7-3-4-8-17/h5-6,9,11,16H,3-4,7-8H2,1-2H3,(H,19,20). The number of nitrogens with zero attached hydrogens (tertiary/aromatic N) is 1. The average molecular weight is 276 g/mol. The molecule has 0 radical (unpaired) electrons. The zero-order chi connectivity index (χ0) is 14.7. The van der Waals surface area contributed by atoms with Crippen molar-refractivity contribution in [2.75, 3.05) is 18.4 Å². The Labute approximate surface area is 118 Å². The summed E-state index contributed by atoms with van der Waals surface area (Å²) in [6, 6.07) is 4.65. The van der Waals surface area contributed by atoms with E-state index >= 15 is 0 Å². The summed E-state index contributed by atoms with van der Waals surface area (Å²) in [5, 5.41) is 12.2. The van der Waals surface area contributed by atoms with E-state index in [1.807, 2.05) is 11.8 Å². The first-order valence-corrected chi connectivity index (χ1v) is 6.88. The minimum atomic E-state index is -0.992. The number of anilines is 1. The monoisotopic (exact) mass is 276 g/mol. The summed E-state index contributed by atoms with van der Waals surface area (Å²) in [6.45, 7) is 5.26. The maximum Gasteiger partial charge on any atom is 0.337 e. The minimum Gasteiger partial charge on any atom is -0.478 e. The van der Waals surface area contributed by atoms with Crippen molar-refractivity contribution in [3.63, 3.8) is 0 Å². The number of hydrogen-bond acceptors (Lipinski definition) is 3. The number of rotatable bonds is 4. The zero-order valence-electron chi connectivity index (χ0n) is 11.8. The SMILES string of the molecule is Cc1ccc(C(=O)O)c(NC(C)C(=O)N2CCCC2)c1. The van der Waals surface area contributed by atoms with E-state index in [1.165, 1.54) is 0 Å². The van der Waals surface area contributed by atoms with Gasteiger partial charge in [0, 0.05) is 18.8 Å². The number of carboxylic acids is 1. The van der Waals surface area contributed by atoms with Gasteiger partial charge in [-0.1, -0.05) is 6.07 Å². The van der Waals surface area contributed by atoms with Gasteiger partial charge in [0.25, 0.3) is 0 Å². The van der Waals surface area contributed by atoms with E-state index in [1.54, 1.807) is 25.1 Å². The van der Waals surface area contributed by atoms with Crippen LogP contribution in [-0.2, 0) is 4.79 Å². The molecule has 0 aromatic heterocycles. The fourth-order valence-electron chi connectivity index (χ4n) is 2.47. The lowest BCUT2D eigenvalue weighted by atomic mass is 10.1. The molecule has 1 aromatic rings. The number of aryl methyl sites for hydroxylation is 1. The second-order valence-electron chi connectivity index (χ2n) is 5.25. The molecule has 1 fully saturated rings. The first-order valence-electron chi connectivity index (χ1n) is 6.88. The molecule has 1 aliphatic heterocycles. The third-order valence-electron chi connectivity index (χ3n) is 3.57. The van der Waals surface area contributed by atoms with Gasteiger partial charge >= 0.3 is 5.97 Å². The van der Waals surface area contributed by atoms with E-state index in [-0.39, 0.29) is 11.5 Å². The largest absolute Gasteiger partial charge is 0.478 e. The highest BCUT2D eigenvalue weighted by Gasteiger charge is 2.24. The van der Waals surface area contributed by atoms with Gasteiger partial charge in [0.05, 0.1) is 5.56 Å². The van der Waals surface area contributed by atoms with Crippen molar-refractivity contribution in [2.24, 2.45) is 0 Å². The molecule has 2 rings (SSSR count). The molecular formula is C15H20N2O3. The normalized spacial score (nSPS) is 16.0. The van der Waals surface area contributed by atoms with Gasteiger partial charge in [-0.2, -0.15) is 0 Å². The fourth-order valence-corrected chi connectivity index (χ4v) is 2.47. The number of carboxylic acid groups (broad SMARTS) is 1. The molecule has 1 heterocycles. The van der Waals surface area contributed by atoms with Crippen molar-refractivity contribution in [1.29, 1.82) is 0 Å². The van der Waals surface area contributed by atoms with Crippen LogP contribution in [0.3, 0.4) is 0 Å². The molecule has 108 valence electrons. The molecule has 0 spiro atoms. The highest BCUT2D eigenvalue weighted by molar-refractivity contribution is 5.95. The van der Waals surface area contributed by atoms with E-state index in [9.17, 15) is 14.7 Å². The lowest BCUT2D eigenvalue weighted by Crippen LogP contribution is -2.39. The predicted molar refractivity (Wildman–Crippen MR) is 77.0 cm³/mol. The summed E-state index contributed by atoms with van der Waals surface area (Å²) in [5.41, 5.74) is 1.65. The third kappa shape index (κ3) is 3.10. The van der Waals surface area contributed by atoms with Crippen molar-refractivity contribution < 1.29 is 14.7 Å². The molecule has 0 bridgehead atoms. The molecule has 1 amide bonds. The van der Waals surface area contributed by atoms with Crippen LogP contribution in [0.1, 0.15) is 35.7 Å². The third-order valence-corrected chi connectivity index (χ3v) is 3.57. The molecular weight excluding hydrogens is 256 g/mol. The summed E-state index contributed by atoms with van der Waals surface area (Å²) >= 11 is 0. The van der Waals surface area contributed by atoms with E-state index in [0.717, 1.165) is 31.5 Å². The highest BCUT2D eigenvalue weighted by atomic mass is 16.4. The topological polar surface area (TPSA) is 69.6 Å². The molecule has 0 saturated carbocycles. The number of carbonyl (C=O) groups excluding carboxylic acids is 1. The van der Waals surface area contributed by atoms with Crippen LogP contribution in [0.15, 0.2) is 18.2 Å².